The van der Waals surface area contributed by atoms with Gasteiger partial charge in [0.1, 0.15) is 17.2 Å². The van der Waals surface area contributed by atoms with Gasteiger partial charge in [-0.05, 0) is 42.9 Å². The smallest absolute Gasteiger partial charge is 0.186 e. The zero-order chi connectivity index (χ0) is 19.6. The van der Waals surface area contributed by atoms with Gasteiger partial charge in [-0.15, -0.1) is 0 Å². The van der Waals surface area contributed by atoms with E-state index >= 15 is 0 Å². The molecule has 8 heteroatoms. The Morgan fingerprint density at radius 3 is 2.00 bits per heavy atom. The van der Waals surface area contributed by atoms with Gasteiger partial charge in [-0.1, -0.05) is 49.5 Å². The van der Waals surface area contributed by atoms with Gasteiger partial charge in [0.05, 0.1) is 4.99 Å². The molecule has 0 aromatic heterocycles. The third-order valence-corrected chi connectivity index (χ3v) is 4.20. The Morgan fingerprint density at radius 2 is 1.44 bits per heavy atom. The van der Waals surface area contributed by atoms with Gasteiger partial charge in [-0.3, -0.25) is 10.9 Å². The normalized spacial score (nSPS) is 11.6. The molecule has 0 unspecified atom stereocenters. The number of phenols is 1. The van der Waals surface area contributed by atoms with Crippen LogP contribution in [0.5, 0.6) is 5.75 Å². The number of nitrogens with zero attached hydrogens (tertiary/aromatic N) is 2. The van der Waals surface area contributed by atoms with Crippen LogP contribution in [-0.2, 0) is 0 Å². The second kappa shape index (κ2) is 10.3. The summed E-state index contributed by atoms with van der Waals surface area (Å²) in [6.45, 7) is 1.95. The first-order valence-electron chi connectivity index (χ1n) is 8.32. The van der Waals surface area contributed by atoms with E-state index in [1.165, 1.54) is 0 Å². The highest BCUT2D eigenvalue weighted by Crippen LogP contribution is 2.14. The number of hydrogen-bond acceptors (Lipinski definition) is 5. The summed E-state index contributed by atoms with van der Waals surface area (Å²) in [7, 11) is 1.71. The summed E-state index contributed by atoms with van der Waals surface area (Å²) >= 11 is 10.4. The minimum Gasteiger partial charge on any atom is -0.508 e. The monoisotopic (exact) mass is 399 g/mol. The lowest BCUT2D eigenvalue weighted by molar-refractivity contribution is 0.475. The van der Waals surface area contributed by atoms with Crippen molar-refractivity contribution >= 4 is 46.0 Å². The topological polar surface area (TPSA) is 81.0 Å². The van der Waals surface area contributed by atoms with Crippen LogP contribution in [0.15, 0.2) is 64.8 Å². The first-order chi connectivity index (χ1) is 13.0. The first-order valence-corrected chi connectivity index (χ1v) is 9.14. The van der Waals surface area contributed by atoms with Crippen LogP contribution >= 0.6 is 24.4 Å². The molecule has 0 atom stereocenters. The summed E-state index contributed by atoms with van der Waals surface area (Å²) in [4.78, 5) is 0.618. The third kappa shape index (κ3) is 6.12. The van der Waals surface area contributed by atoms with Crippen molar-refractivity contribution in [3.8, 4) is 5.75 Å². The fraction of sp³-hybridized carbons (Fsp3) is 0.158. The number of rotatable bonds is 6. The lowest BCUT2D eigenvalue weighted by Crippen LogP contribution is -2.32. The molecular formula is C19H21N5OS2. The van der Waals surface area contributed by atoms with Crippen LogP contribution < -0.4 is 16.2 Å². The molecule has 0 fully saturated rings. The molecule has 27 heavy (non-hydrogen) atoms. The van der Waals surface area contributed by atoms with Gasteiger partial charge in [-0.2, -0.15) is 10.2 Å². The van der Waals surface area contributed by atoms with Gasteiger partial charge in [0.2, 0.25) is 0 Å². The fourth-order valence-electron chi connectivity index (χ4n) is 2.08. The highest BCUT2D eigenvalue weighted by Gasteiger charge is 2.16. The second-order valence-corrected chi connectivity index (χ2v) is 6.31. The van der Waals surface area contributed by atoms with Crippen molar-refractivity contribution in [2.45, 2.75) is 13.3 Å². The Kier molecular flexibility index (Phi) is 7.84. The van der Waals surface area contributed by atoms with Crippen molar-refractivity contribution in [1.29, 1.82) is 0 Å². The van der Waals surface area contributed by atoms with Crippen LogP contribution in [0.3, 0.4) is 0 Å². The predicted octanol–water partition coefficient (Wildman–Crippen LogP) is 2.92. The quantitative estimate of drug-likeness (QED) is 0.340. The standard InChI is InChI=1S/C19H21N5OS2/c1-3-16(26)21-22-17(13-7-5-4-6-8-13)18(23-24-19(27)20-2)14-9-11-15(25)12-10-14/h4-12,25H,3H2,1-2H3,(H,21,26)(H2,20,24,27). The molecule has 0 spiro atoms. The molecule has 0 heterocycles. The Labute approximate surface area is 169 Å². The molecule has 2 rings (SSSR count). The molecule has 0 aliphatic carbocycles. The van der Waals surface area contributed by atoms with Crippen LogP contribution in [0.2, 0.25) is 0 Å². The molecule has 0 aliphatic heterocycles. The van der Waals surface area contributed by atoms with Crippen molar-refractivity contribution in [3.63, 3.8) is 0 Å². The summed E-state index contributed by atoms with van der Waals surface area (Å²) in [6, 6.07) is 16.3. The number of phenolic OH excluding ortho intramolecular Hbond substituents is 1. The van der Waals surface area contributed by atoms with Crippen LogP contribution in [0, 0.1) is 0 Å². The summed E-state index contributed by atoms with van der Waals surface area (Å²) in [6.07, 6.45) is 0.675. The summed E-state index contributed by atoms with van der Waals surface area (Å²) in [5.41, 5.74) is 8.45. The molecule has 140 valence electrons. The maximum atomic E-state index is 9.61. The predicted molar refractivity (Wildman–Crippen MR) is 118 cm³/mol. The van der Waals surface area contributed by atoms with Crippen LogP contribution in [0.1, 0.15) is 24.5 Å². The van der Waals surface area contributed by atoms with E-state index in [0.29, 0.717) is 27.9 Å². The van der Waals surface area contributed by atoms with Crippen molar-refractivity contribution in [2.75, 3.05) is 7.05 Å². The molecule has 0 aliphatic rings. The van der Waals surface area contributed by atoms with Crippen molar-refractivity contribution in [1.82, 2.24) is 16.2 Å². The van der Waals surface area contributed by atoms with E-state index in [4.69, 9.17) is 24.4 Å². The lowest BCUT2D eigenvalue weighted by atomic mass is 10.00. The maximum absolute atomic E-state index is 9.61. The molecule has 2 aromatic rings. The van der Waals surface area contributed by atoms with Crippen LogP contribution in [0.4, 0.5) is 0 Å². The Bertz CT molecular complexity index is 848. The number of hydrazone groups is 2. The molecule has 2 aromatic carbocycles. The van der Waals surface area contributed by atoms with Crippen LogP contribution in [0.25, 0.3) is 0 Å². The van der Waals surface area contributed by atoms with E-state index in [1.54, 1.807) is 31.3 Å². The lowest BCUT2D eigenvalue weighted by Gasteiger charge is -2.13. The minimum atomic E-state index is 0.167. The zero-order valence-corrected chi connectivity index (χ0v) is 16.7. The van der Waals surface area contributed by atoms with Crippen molar-refractivity contribution < 1.29 is 5.11 Å². The molecule has 6 nitrogen and oxygen atoms in total. The van der Waals surface area contributed by atoms with Gasteiger partial charge in [-0.25, -0.2) is 0 Å². The van der Waals surface area contributed by atoms with Gasteiger partial charge in [0.25, 0.3) is 0 Å². The highest BCUT2D eigenvalue weighted by molar-refractivity contribution is 7.80. The first kappa shape index (κ1) is 20.5. The zero-order valence-electron chi connectivity index (χ0n) is 15.1. The van der Waals surface area contributed by atoms with E-state index < -0.39 is 0 Å². The number of aromatic hydroxyl groups is 1. The Hall–Kier alpha value is -2.84. The maximum Gasteiger partial charge on any atom is 0.186 e. The SMILES string of the molecule is CCC(=S)NN=C(C(=NNC(=S)NC)c1ccc(O)cc1)c1ccccc1. The van der Waals surface area contributed by atoms with Crippen molar-refractivity contribution in [2.24, 2.45) is 10.2 Å². The summed E-state index contributed by atoms with van der Waals surface area (Å²) in [5, 5.41) is 21.7. The van der Waals surface area contributed by atoms with E-state index in [0.717, 1.165) is 11.1 Å². The molecule has 0 amide bonds. The van der Waals surface area contributed by atoms with Gasteiger partial charge < -0.3 is 10.4 Å². The van der Waals surface area contributed by atoms with E-state index in [9.17, 15) is 5.11 Å². The van der Waals surface area contributed by atoms with E-state index in [2.05, 4.69) is 26.4 Å². The van der Waals surface area contributed by atoms with Crippen molar-refractivity contribution in [3.05, 3.63) is 65.7 Å². The number of nitrogens with one attached hydrogen (secondary N) is 3. The molecule has 4 N–H and O–H groups in total. The van der Waals surface area contributed by atoms with Gasteiger partial charge in [0.15, 0.2) is 5.11 Å². The Balaban J connectivity index is 2.56. The average Bonchev–Trinajstić information content (AvgIpc) is 2.71. The molecule has 0 saturated carbocycles. The number of benzene rings is 2. The van der Waals surface area contributed by atoms with Gasteiger partial charge >= 0.3 is 0 Å². The molecule has 0 bridgehead atoms. The van der Waals surface area contributed by atoms with Crippen LogP contribution in [-0.4, -0.2) is 33.7 Å². The molecule has 0 radical (unpaired) electrons. The summed E-state index contributed by atoms with van der Waals surface area (Å²) in [5.74, 6) is 0.167. The number of thiocarbonyl (C=S) groups is 2. The third-order valence-electron chi connectivity index (χ3n) is 3.52. The largest absolute Gasteiger partial charge is 0.508 e. The summed E-state index contributed by atoms with van der Waals surface area (Å²) < 4.78 is 0. The fourth-order valence-corrected chi connectivity index (χ4v) is 2.17. The molecular weight excluding hydrogens is 378 g/mol. The number of hydrogen-bond donors (Lipinski definition) is 4. The Morgan fingerprint density at radius 1 is 0.889 bits per heavy atom. The highest BCUT2D eigenvalue weighted by atomic mass is 32.1. The van der Waals surface area contributed by atoms with E-state index in [-0.39, 0.29) is 5.75 Å². The average molecular weight is 400 g/mol. The molecule has 0 saturated heterocycles. The second-order valence-electron chi connectivity index (χ2n) is 5.41. The minimum absolute atomic E-state index is 0.167. The van der Waals surface area contributed by atoms with E-state index in [1.807, 2.05) is 37.3 Å². The van der Waals surface area contributed by atoms with Gasteiger partial charge in [0, 0.05) is 18.2 Å².